The molecule has 0 fully saturated rings. The van der Waals surface area contributed by atoms with Gasteiger partial charge in [0, 0.05) is 18.1 Å². The average molecular weight is 479 g/mol. The topological polar surface area (TPSA) is 44.8 Å². The maximum atomic E-state index is 12.0. The minimum atomic E-state index is -0.589. The summed E-state index contributed by atoms with van der Waals surface area (Å²) in [7, 11) is 0. The zero-order valence-electron chi connectivity index (χ0n) is 19.9. The molecule has 0 N–H and O–H groups in total. The highest BCUT2D eigenvalue weighted by molar-refractivity contribution is 6.30. The van der Waals surface area contributed by atoms with Crippen LogP contribution in [-0.2, 0) is 20.7 Å². The van der Waals surface area contributed by atoms with Gasteiger partial charge < -0.3 is 14.2 Å². The van der Waals surface area contributed by atoms with Gasteiger partial charge in [-0.05, 0) is 78.9 Å². The molecule has 178 valence electrons. The maximum absolute atomic E-state index is 12.0. The van der Waals surface area contributed by atoms with Crippen LogP contribution >= 0.6 is 11.6 Å². The van der Waals surface area contributed by atoms with Crippen molar-refractivity contribution in [1.82, 2.24) is 0 Å². The smallest absolute Gasteiger partial charge is 0.335 e. The Morgan fingerprint density at radius 1 is 0.882 bits per heavy atom. The lowest BCUT2D eigenvalue weighted by Gasteiger charge is -2.15. The average Bonchev–Trinajstić information content (AvgIpc) is 2.85. The molecule has 3 aromatic rings. The number of rotatable bonds is 11. The van der Waals surface area contributed by atoms with E-state index in [2.05, 4.69) is 37.3 Å². The van der Waals surface area contributed by atoms with Gasteiger partial charge in [0.25, 0.3) is 0 Å². The van der Waals surface area contributed by atoms with Crippen molar-refractivity contribution < 1.29 is 19.0 Å². The Bertz CT molecular complexity index is 1070. The second-order valence-electron chi connectivity index (χ2n) is 7.83. The van der Waals surface area contributed by atoms with Crippen LogP contribution < -0.4 is 4.74 Å². The Morgan fingerprint density at radius 2 is 1.50 bits per heavy atom. The summed E-state index contributed by atoms with van der Waals surface area (Å²) in [5.74, 6) is 0.446. The van der Waals surface area contributed by atoms with E-state index in [1.54, 1.807) is 6.92 Å². The Kier molecular flexibility index (Phi) is 9.75. The summed E-state index contributed by atoms with van der Waals surface area (Å²) in [6.07, 6.45) is 1.95. The molecule has 0 aliphatic rings. The van der Waals surface area contributed by atoms with E-state index < -0.39 is 6.10 Å². The standard InChI is InChI=1S/C29H31ClO4/c1-4-32-28(29(31)33-5-2)20-22-6-16-27(17-7-22)34-19-18-21(3)23-8-10-24(11-9-23)25-12-14-26(30)15-13-25/h6-18,28H,4-5,19-20H2,1-3H3/b21-18+/t28-/m0/s1. The van der Waals surface area contributed by atoms with E-state index in [-0.39, 0.29) is 5.97 Å². The Morgan fingerprint density at radius 3 is 2.09 bits per heavy atom. The van der Waals surface area contributed by atoms with Gasteiger partial charge in [0.05, 0.1) is 6.61 Å². The first-order valence-corrected chi connectivity index (χ1v) is 11.9. The van der Waals surface area contributed by atoms with Crippen molar-refractivity contribution in [2.75, 3.05) is 19.8 Å². The van der Waals surface area contributed by atoms with Crippen LogP contribution in [0.5, 0.6) is 5.75 Å². The summed E-state index contributed by atoms with van der Waals surface area (Å²) in [6.45, 7) is 7.00. The second-order valence-corrected chi connectivity index (χ2v) is 8.26. The molecule has 0 aromatic heterocycles. The van der Waals surface area contributed by atoms with Gasteiger partial charge in [-0.25, -0.2) is 4.79 Å². The highest BCUT2D eigenvalue weighted by atomic mass is 35.5. The fourth-order valence-electron chi connectivity index (χ4n) is 3.53. The molecular formula is C29H31ClO4. The molecule has 3 aromatic carbocycles. The van der Waals surface area contributed by atoms with Crippen LogP contribution in [-0.4, -0.2) is 31.9 Å². The molecule has 0 radical (unpaired) electrons. The second kappa shape index (κ2) is 13.0. The Hall–Kier alpha value is -3.08. The van der Waals surface area contributed by atoms with E-state index in [1.807, 2.05) is 55.5 Å². The molecule has 5 heteroatoms. The van der Waals surface area contributed by atoms with Crippen molar-refractivity contribution in [3.05, 3.63) is 95.0 Å². The molecule has 0 bridgehead atoms. The van der Waals surface area contributed by atoms with Gasteiger partial charge in [-0.2, -0.15) is 0 Å². The molecule has 34 heavy (non-hydrogen) atoms. The zero-order valence-corrected chi connectivity index (χ0v) is 20.7. The Balaban J connectivity index is 1.54. The number of hydrogen-bond donors (Lipinski definition) is 0. The van der Waals surface area contributed by atoms with E-state index in [4.69, 9.17) is 25.8 Å². The number of hydrogen-bond acceptors (Lipinski definition) is 4. The van der Waals surface area contributed by atoms with Crippen molar-refractivity contribution in [2.45, 2.75) is 33.3 Å². The number of benzene rings is 3. The normalized spacial score (nSPS) is 12.3. The van der Waals surface area contributed by atoms with Crippen LogP contribution in [0, 0.1) is 0 Å². The molecule has 1 atom stereocenters. The first-order valence-electron chi connectivity index (χ1n) is 11.5. The number of carbonyl (C=O) groups excluding carboxylic acids is 1. The molecule has 0 amide bonds. The van der Waals surface area contributed by atoms with Crippen molar-refractivity contribution in [3.63, 3.8) is 0 Å². The molecule has 4 nitrogen and oxygen atoms in total. The largest absolute Gasteiger partial charge is 0.490 e. The van der Waals surface area contributed by atoms with E-state index >= 15 is 0 Å². The quantitative estimate of drug-likeness (QED) is 0.278. The highest BCUT2D eigenvalue weighted by Crippen LogP contribution is 2.24. The predicted molar refractivity (Wildman–Crippen MR) is 138 cm³/mol. The zero-order chi connectivity index (χ0) is 24.3. The lowest BCUT2D eigenvalue weighted by molar-refractivity contribution is -0.156. The minimum absolute atomic E-state index is 0.327. The van der Waals surface area contributed by atoms with Crippen LogP contribution in [0.15, 0.2) is 78.9 Å². The number of halogens is 1. The summed E-state index contributed by atoms with van der Waals surface area (Å²) in [6, 6.07) is 24.0. The van der Waals surface area contributed by atoms with Crippen LogP contribution in [0.1, 0.15) is 31.9 Å². The number of esters is 1. The Labute approximate surface area is 207 Å². The lowest BCUT2D eigenvalue weighted by atomic mass is 10.0. The number of allylic oxidation sites excluding steroid dienone is 1. The number of ether oxygens (including phenoxy) is 3. The monoisotopic (exact) mass is 478 g/mol. The van der Waals surface area contributed by atoms with Gasteiger partial charge in [0.1, 0.15) is 12.4 Å². The third kappa shape index (κ3) is 7.47. The molecule has 0 unspecified atom stereocenters. The van der Waals surface area contributed by atoms with Crippen molar-refractivity contribution in [3.8, 4) is 16.9 Å². The van der Waals surface area contributed by atoms with Gasteiger partial charge in [-0.1, -0.05) is 60.1 Å². The molecule has 0 aliphatic carbocycles. The van der Waals surface area contributed by atoms with Gasteiger partial charge >= 0.3 is 5.97 Å². The third-order valence-electron chi connectivity index (χ3n) is 5.42. The molecule has 0 saturated carbocycles. The summed E-state index contributed by atoms with van der Waals surface area (Å²) >= 11 is 5.98. The molecule has 0 aliphatic heterocycles. The van der Waals surface area contributed by atoms with Gasteiger partial charge in [-0.3, -0.25) is 0 Å². The van der Waals surface area contributed by atoms with Gasteiger partial charge in [0.15, 0.2) is 6.10 Å². The van der Waals surface area contributed by atoms with Crippen LogP contribution in [0.4, 0.5) is 0 Å². The fraction of sp³-hybridized carbons (Fsp3) is 0.276. The van der Waals surface area contributed by atoms with Crippen LogP contribution in [0.25, 0.3) is 16.7 Å². The van der Waals surface area contributed by atoms with Crippen molar-refractivity contribution >= 4 is 23.1 Å². The summed E-state index contributed by atoms with van der Waals surface area (Å²) in [5.41, 5.74) is 5.58. The minimum Gasteiger partial charge on any atom is -0.490 e. The van der Waals surface area contributed by atoms with Crippen LogP contribution in [0.3, 0.4) is 0 Å². The van der Waals surface area contributed by atoms with Gasteiger partial charge in [-0.15, -0.1) is 0 Å². The van der Waals surface area contributed by atoms with E-state index in [9.17, 15) is 4.79 Å². The molecular weight excluding hydrogens is 448 g/mol. The summed E-state index contributed by atoms with van der Waals surface area (Å²) < 4.78 is 16.5. The first-order chi connectivity index (χ1) is 16.5. The SMILES string of the molecule is CCOC(=O)[C@H](Cc1ccc(OC/C=C(\C)c2ccc(-c3ccc(Cl)cc3)cc2)cc1)OCC. The van der Waals surface area contributed by atoms with Gasteiger partial charge in [0.2, 0.25) is 0 Å². The first kappa shape index (κ1) is 25.5. The molecule has 0 spiro atoms. The lowest BCUT2D eigenvalue weighted by Crippen LogP contribution is -2.28. The van der Waals surface area contributed by atoms with E-state index in [1.165, 1.54) is 0 Å². The van der Waals surface area contributed by atoms with Crippen molar-refractivity contribution in [2.24, 2.45) is 0 Å². The van der Waals surface area contributed by atoms with Crippen molar-refractivity contribution in [1.29, 1.82) is 0 Å². The highest BCUT2D eigenvalue weighted by Gasteiger charge is 2.20. The van der Waals surface area contributed by atoms with Crippen LogP contribution in [0.2, 0.25) is 5.02 Å². The maximum Gasteiger partial charge on any atom is 0.335 e. The number of carbonyl (C=O) groups is 1. The van der Waals surface area contributed by atoms with E-state index in [0.717, 1.165) is 38.6 Å². The fourth-order valence-corrected chi connectivity index (χ4v) is 3.66. The third-order valence-corrected chi connectivity index (χ3v) is 5.67. The molecule has 3 rings (SSSR count). The summed E-state index contributed by atoms with van der Waals surface area (Å²) in [5, 5.41) is 0.736. The van der Waals surface area contributed by atoms with E-state index in [0.29, 0.717) is 26.2 Å². The molecule has 0 saturated heterocycles. The molecule has 0 heterocycles. The summed E-state index contributed by atoms with van der Waals surface area (Å²) in [4.78, 5) is 12.0. The predicted octanol–water partition coefficient (Wildman–Crippen LogP) is 7.00.